The zero-order chi connectivity index (χ0) is 43.2. The quantitative estimate of drug-likeness (QED) is 0.0447. The summed E-state index contributed by atoms with van der Waals surface area (Å²) in [6, 6.07) is 0.494. The molecule has 0 aromatic rings. The largest absolute Gasteiger partial charge is 0.466 e. The van der Waals surface area contributed by atoms with E-state index in [2.05, 4.69) is 53.5 Å². The van der Waals surface area contributed by atoms with Gasteiger partial charge in [-0.2, -0.15) is 0 Å². The maximum Gasteiger partial charge on any atom is 0.306 e. The van der Waals surface area contributed by atoms with Crippen LogP contribution < -0.4 is 0 Å². The zero-order valence-corrected chi connectivity index (χ0v) is 40.6. The fourth-order valence-electron chi connectivity index (χ4n) is 8.78. The van der Waals surface area contributed by atoms with E-state index in [4.69, 9.17) is 18.9 Å². The van der Waals surface area contributed by atoms with E-state index in [9.17, 15) is 9.59 Å². The second-order valence-corrected chi connectivity index (χ2v) is 19.0. The zero-order valence-electron chi connectivity index (χ0n) is 40.6. The molecule has 0 N–H and O–H groups in total. The highest BCUT2D eigenvalue weighted by atomic mass is 16.7. The Labute approximate surface area is 367 Å². The van der Waals surface area contributed by atoms with E-state index in [1.807, 2.05) is 0 Å². The van der Waals surface area contributed by atoms with Gasteiger partial charge in [0.25, 0.3) is 0 Å². The Morgan fingerprint density at radius 3 is 1.25 bits per heavy atom. The van der Waals surface area contributed by atoms with E-state index in [0.717, 1.165) is 57.9 Å². The van der Waals surface area contributed by atoms with Gasteiger partial charge < -0.3 is 23.8 Å². The molecule has 0 aliphatic carbocycles. The molecule has 1 aliphatic heterocycles. The molecule has 1 atom stereocenters. The van der Waals surface area contributed by atoms with E-state index in [1.54, 1.807) is 0 Å². The number of rotatable bonds is 43. The van der Waals surface area contributed by atoms with Crippen molar-refractivity contribution < 1.29 is 28.5 Å². The lowest BCUT2D eigenvalue weighted by Gasteiger charge is -2.30. The molecule has 0 bridgehead atoms. The summed E-state index contributed by atoms with van der Waals surface area (Å²) in [5, 5.41) is 0. The van der Waals surface area contributed by atoms with Gasteiger partial charge in [0.2, 0.25) is 0 Å². The molecule has 1 aliphatic rings. The minimum absolute atomic E-state index is 0.0204. The van der Waals surface area contributed by atoms with Crippen LogP contribution in [0.4, 0.5) is 0 Å². The van der Waals surface area contributed by atoms with Gasteiger partial charge in [0.05, 0.1) is 25.9 Å². The predicted octanol–water partition coefficient (Wildman–Crippen LogP) is 15.1. The number of likely N-dealkylation sites (N-methyl/N-ethyl adjacent to an activating group) is 1. The first-order chi connectivity index (χ1) is 28.7. The maximum absolute atomic E-state index is 12.6. The Balaban J connectivity index is 2.29. The third-order valence-corrected chi connectivity index (χ3v) is 13.0. The second-order valence-electron chi connectivity index (χ2n) is 19.0. The fourth-order valence-corrected chi connectivity index (χ4v) is 8.78. The van der Waals surface area contributed by atoms with Gasteiger partial charge in [-0.05, 0) is 84.1 Å². The third-order valence-electron chi connectivity index (χ3n) is 13.0. The molecule has 0 aromatic carbocycles. The van der Waals surface area contributed by atoms with Crippen LogP contribution in [0.15, 0.2) is 0 Å². The standard InChI is InChI=1S/C52H101NO6/c1-8-12-26-34-47(35-27-13-9-2)42-50(54)56-40-32-24-20-16-18-22-30-38-52(58-45-49(59-52)44-53(7)46(5)6)39-31-23-19-17-21-25-33-41-57-51(55)43-48(36-28-14-10-3)37-29-15-11-4/h46-49H,8-45H2,1-7H3. The molecule has 1 fully saturated rings. The molecule has 1 saturated heterocycles. The molecule has 0 spiro atoms. The number of ether oxygens (including phenoxy) is 4. The number of hydrogen-bond acceptors (Lipinski definition) is 7. The molecular weight excluding hydrogens is 735 g/mol. The first-order valence-corrected chi connectivity index (χ1v) is 26.0. The minimum Gasteiger partial charge on any atom is -0.466 e. The van der Waals surface area contributed by atoms with Crippen LogP contribution in [0.1, 0.15) is 260 Å². The number of nitrogens with zero attached hydrogens (tertiary/aromatic N) is 1. The van der Waals surface area contributed by atoms with Crippen LogP contribution in [-0.4, -0.2) is 68.2 Å². The van der Waals surface area contributed by atoms with Crippen LogP contribution in [0.25, 0.3) is 0 Å². The molecule has 0 aromatic heterocycles. The molecule has 1 unspecified atom stereocenters. The summed E-state index contributed by atoms with van der Waals surface area (Å²) in [6.45, 7) is 16.2. The SMILES string of the molecule is CCCCCC(CCCCC)CC(=O)OCCCCCCCCCC1(CCCCCCCCCOC(=O)CC(CCCCC)CCCCC)OCC(CN(C)C(C)C)O1. The van der Waals surface area contributed by atoms with Gasteiger partial charge in [0.1, 0.15) is 0 Å². The van der Waals surface area contributed by atoms with Crippen LogP contribution in [0.5, 0.6) is 0 Å². The summed E-state index contributed by atoms with van der Waals surface area (Å²) in [4.78, 5) is 27.5. The van der Waals surface area contributed by atoms with E-state index in [0.29, 0.717) is 50.5 Å². The number of carbonyl (C=O) groups is 2. The van der Waals surface area contributed by atoms with Crippen LogP contribution in [0, 0.1) is 11.8 Å². The minimum atomic E-state index is -0.424. The van der Waals surface area contributed by atoms with Crippen molar-refractivity contribution in [1.29, 1.82) is 0 Å². The third kappa shape index (κ3) is 31.3. The maximum atomic E-state index is 12.6. The first-order valence-electron chi connectivity index (χ1n) is 26.0. The Kier molecular flexibility index (Phi) is 36.4. The van der Waals surface area contributed by atoms with Crippen molar-refractivity contribution in [3.05, 3.63) is 0 Å². The van der Waals surface area contributed by atoms with Crippen molar-refractivity contribution in [3.63, 3.8) is 0 Å². The van der Waals surface area contributed by atoms with Gasteiger partial charge in [0.15, 0.2) is 5.79 Å². The lowest BCUT2D eigenvalue weighted by molar-refractivity contribution is -0.180. The average Bonchev–Trinajstić information content (AvgIpc) is 3.61. The van der Waals surface area contributed by atoms with Gasteiger partial charge in [0, 0.05) is 38.3 Å². The molecular formula is C52H101NO6. The van der Waals surface area contributed by atoms with E-state index in [-0.39, 0.29) is 18.0 Å². The molecule has 7 heteroatoms. The topological polar surface area (TPSA) is 74.3 Å². The van der Waals surface area contributed by atoms with E-state index < -0.39 is 5.79 Å². The Morgan fingerprint density at radius 1 is 0.542 bits per heavy atom. The number of hydrogen-bond donors (Lipinski definition) is 0. The van der Waals surface area contributed by atoms with Gasteiger partial charge >= 0.3 is 11.9 Å². The van der Waals surface area contributed by atoms with Crippen molar-refractivity contribution in [3.8, 4) is 0 Å². The molecule has 1 rings (SSSR count). The van der Waals surface area contributed by atoms with E-state index >= 15 is 0 Å². The van der Waals surface area contributed by atoms with Crippen molar-refractivity contribution in [2.75, 3.05) is 33.4 Å². The monoisotopic (exact) mass is 836 g/mol. The molecule has 350 valence electrons. The van der Waals surface area contributed by atoms with Crippen molar-refractivity contribution in [2.24, 2.45) is 11.8 Å². The molecule has 0 amide bonds. The molecule has 7 nitrogen and oxygen atoms in total. The van der Waals surface area contributed by atoms with E-state index in [1.165, 1.54) is 154 Å². The van der Waals surface area contributed by atoms with Crippen LogP contribution in [0.2, 0.25) is 0 Å². The Bertz CT molecular complexity index is 879. The number of carbonyl (C=O) groups excluding carboxylic acids is 2. The summed E-state index contributed by atoms with van der Waals surface area (Å²) < 4.78 is 24.6. The van der Waals surface area contributed by atoms with Crippen LogP contribution >= 0.6 is 0 Å². The smallest absolute Gasteiger partial charge is 0.306 e. The summed E-state index contributed by atoms with van der Waals surface area (Å²) >= 11 is 0. The molecule has 1 heterocycles. The lowest BCUT2D eigenvalue weighted by atomic mass is 9.92. The molecule has 0 radical (unpaired) electrons. The Hall–Kier alpha value is -1.18. The van der Waals surface area contributed by atoms with Crippen molar-refractivity contribution in [1.82, 2.24) is 4.90 Å². The second kappa shape index (κ2) is 38.5. The highest BCUT2D eigenvalue weighted by Crippen LogP contribution is 2.35. The molecule has 0 saturated carbocycles. The van der Waals surface area contributed by atoms with Crippen LogP contribution in [0.3, 0.4) is 0 Å². The molecule has 59 heavy (non-hydrogen) atoms. The van der Waals surface area contributed by atoms with Gasteiger partial charge in [-0.25, -0.2) is 0 Å². The highest BCUT2D eigenvalue weighted by molar-refractivity contribution is 5.70. The summed E-state index contributed by atoms with van der Waals surface area (Å²) in [7, 11) is 2.18. The van der Waals surface area contributed by atoms with Crippen molar-refractivity contribution >= 4 is 11.9 Å². The summed E-state index contributed by atoms with van der Waals surface area (Å²) in [5.41, 5.74) is 0. The van der Waals surface area contributed by atoms with Gasteiger partial charge in [-0.1, -0.05) is 169 Å². The Morgan fingerprint density at radius 2 is 0.898 bits per heavy atom. The van der Waals surface area contributed by atoms with Gasteiger partial charge in [-0.3, -0.25) is 9.59 Å². The fraction of sp³-hybridized carbons (Fsp3) is 0.962. The lowest BCUT2D eigenvalue weighted by Crippen LogP contribution is -2.37. The summed E-state index contributed by atoms with van der Waals surface area (Å²) in [5.74, 6) is 0.619. The van der Waals surface area contributed by atoms with Crippen molar-refractivity contribution in [2.45, 2.75) is 278 Å². The number of unbranched alkanes of at least 4 members (excludes halogenated alkanes) is 20. The highest BCUT2D eigenvalue weighted by Gasteiger charge is 2.40. The first kappa shape index (κ1) is 55.8. The normalized spacial score (nSPS) is 15.3. The number of esters is 2. The van der Waals surface area contributed by atoms with Crippen LogP contribution in [-0.2, 0) is 28.5 Å². The summed E-state index contributed by atoms with van der Waals surface area (Å²) in [6.07, 6.45) is 39.3. The average molecular weight is 836 g/mol. The van der Waals surface area contributed by atoms with Gasteiger partial charge in [-0.15, -0.1) is 0 Å². The predicted molar refractivity (Wildman–Crippen MR) is 250 cm³/mol.